The van der Waals surface area contributed by atoms with Gasteiger partial charge in [-0.2, -0.15) is 0 Å². The highest BCUT2D eigenvalue weighted by atomic mass is 16.5. The Balaban J connectivity index is 1.96. The smallest absolute Gasteiger partial charge is 0.338 e. The zero-order valence-electron chi connectivity index (χ0n) is 27.7. The first kappa shape index (κ1) is 33.9. The first-order valence-corrected chi connectivity index (χ1v) is 15.2. The summed E-state index contributed by atoms with van der Waals surface area (Å²) in [6.45, 7) is 27.2. The van der Waals surface area contributed by atoms with Crippen molar-refractivity contribution in [3.05, 3.63) is 65.7 Å². The van der Waals surface area contributed by atoms with E-state index in [1.807, 2.05) is 18.2 Å². The number of carbonyl (C=O) groups is 1. The molecule has 0 heterocycles. The second kappa shape index (κ2) is 13.1. The van der Waals surface area contributed by atoms with Gasteiger partial charge in [0.1, 0.15) is 5.75 Å². The van der Waals surface area contributed by atoms with E-state index in [2.05, 4.69) is 100 Å². The molecule has 2 aromatic rings. The van der Waals surface area contributed by atoms with Crippen LogP contribution in [0.1, 0.15) is 124 Å². The van der Waals surface area contributed by atoms with Crippen LogP contribution in [-0.2, 0) is 10.2 Å². The van der Waals surface area contributed by atoms with Gasteiger partial charge in [-0.15, -0.1) is 0 Å². The van der Waals surface area contributed by atoms with Gasteiger partial charge in [-0.05, 0) is 82.1 Å². The van der Waals surface area contributed by atoms with E-state index < -0.39 is 0 Å². The van der Waals surface area contributed by atoms with Crippen molar-refractivity contribution in [1.29, 1.82) is 0 Å². The number of esters is 1. The lowest BCUT2D eigenvalue weighted by molar-refractivity contribution is -0.0422. The summed E-state index contributed by atoms with van der Waals surface area (Å²) < 4.78 is 10.9. The summed E-state index contributed by atoms with van der Waals surface area (Å²) in [7, 11) is 1.72. The van der Waals surface area contributed by atoms with Gasteiger partial charge in [-0.1, -0.05) is 119 Å². The number of hydrogen-bond donors (Lipinski definition) is 0. The molecule has 0 radical (unpaired) electrons. The number of methoxy groups -OCH3 is 1. The minimum absolute atomic E-state index is 0.0115. The summed E-state index contributed by atoms with van der Waals surface area (Å²) >= 11 is 0. The average Bonchev–Trinajstić information content (AvgIpc) is 2.88. The van der Waals surface area contributed by atoms with Crippen molar-refractivity contribution in [1.82, 2.24) is 0 Å². The van der Waals surface area contributed by atoms with Crippen LogP contribution in [0, 0.1) is 27.6 Å². The van der Waals surface area contributed by atoms with Crippen LogP contribution in [-0.4, -0.2) is 19.7 Å². The van der Waals surface area contributed by atoms with Crippen LogP contribution in [0.4, 0.5) is 0 Å². The van der Waals surface area contributed by atoms with Gasteiger partial charge in [0.25, 0.3) is 0 Å². The van der Waals surface area contributed by atoms with Gasteiger partial charge in [0.05, 0.1) is 19.3 Å². The Kier molecular flexibility index (Phi) is 11.1. The van der Waals surface area contributed by atoms with E-state index >= 15 is 0 Å². The largest absolute Gasteiger partial charge is 0.497 e. The summed E-state index contributed by atoms with van der Waals surface area (Å²) in [4.78, 5) is 12.2. The van der Waals surface area contributed by atoms with Crippen molar-refractivity contribution < 1.29 is 14.3 Å². The molecule has 0 spiro atoms. The standard InChI is InChI=1S/C37H58O3/c1-28(24-26-40-32(38)29-18-14-13-15-19-29)17-16-25-33(2,3)34(4,5)27-35(6,7)37(10,11)36(8,9)30-20-22-31(39-12)23-21-30/h13-15,18-23,28H,16-17,24-27H2,1-12H3. The molecule has 0 amide bonds. The Morgan fingerprint density at radius 2 is 1.32 bits per heavy atom. The summed E-state index contributed by atoms with van der Waals surface area (Å²) in [5.74, 6) is 1.21. The lowest BCUT2D eigenvalue weighted by atomic mass is 9.48. The van der Waals surface area contributed by atoms with Gasteiger partial charge in [0.15, 0.2) is 0 Å². The highest BCUT2D eigenvalue weighted by Crippen LogP contribution is 2.59. The van der Waals surface area contributed by atoms with Gasteiger partial charge in [0.2, 0.25) is 0 Å². The maximum Gasteiger partial charge on any atom is 0.338 e. The zero-order chi connectivity index (χ0) is 30.4. The van der Waals surface area contributed by atoms with Crippen molar-refractivity contribution in [2.45, 2.75) is 114 Å². The third kappa shape index (κ3) is 7.92. The Hall–Kier alpha value is -2.29. The molecule has 0 saturated carbocycles. The topological polar surface area (TPSA) is 35.5 Å². The molecule has 0 aliphatic heterocycles. The molecule has 0 aliphatic rings. The predicted molar refractivity (Wildman–Crippen MR) is 170 cm³/mol. The molecular weight excluding hydrogens is 492 g/mol. The van der Waals surface area contributed by atoms with Crippen molar-refractivity contribution in [2.24, 2.45) is 27.6 Å². The lowest BCUT2D eigenvalue weighted by Gasteiger charge is -2.57. The fraction of sp³-hybridized carbons (Fsp3) is 0.649. The number of carbonyl (C=O) groups excluding carboxylic acids is 1. The third-order valence-electron chi connectivity index (χ3n) is 11.1. The average molecular weight is 551 g/mol. The molecule has 1 atom stereocenters. The Labute approximate surface area is 246 Å². The number of benzene rings is 2. The lowest BCUT2D eigenvalue weighted by Crippen LogP contribution is -2.50. The van der Waals surface area contributed by atoms with E-state index in [9.17, 15) is 4.79 Å². The van der Waals surface area contributed by atoms with Crippen molar-refractivity contribution in [3.8, 4) is 5.75 Å². The number of ether oxygens (including phenoxy) is 2. The summed E-state index contributed by atoms with van der Waals surface area (Å²) in [5, 5.41) is 0. The monoisotopic (exact) mass is 550 g/mol. The maximum atomic E-state index is 12.2. The van der Waals surface area contributed by atoms with Crippen LogP contribution in [0.5, 0.6) is 5.75 Å². The first-order chi connectivity index (χ1) is 18.4. The molecule has 224 valence electrons. The predicted octanol–water partition coefficient (Wildman–Crippen LogP) is 10.5. The van der Waals surface area contributed by atoms with Crippen LogP contribution >= 0.6 is 0 Å². The van der Waals surface area contributed by atoms with E-state index in [4.69, 9.17) is 9.47 Å². The number of rotatable bonds is 15. The quantitative estimate of drug-likeness (QED) is 0.207. The van der Waals surface area contributed by atoms with Gasteiger partial charge >= 0.3 is 5.97 Å². The number of hydrogen-bond acceptors (Lipinski definition) is 3. The summed E-state index contributed by atoms with van der Waals surface area (Å²) in [6, 6.07) is 17.9. The highest BCUT2D eigenvalue weighted by Gasteiger charge is 2.52. The molecule has 0 aromatic heterocycles. The molecule has 0 aliphatic carbocycles. The molecule has 40 heavy (non-hydrogen) atoms. The van der Waals surface area contributed by atoms with Crippen molar-refractivity contribution >= 4 is 5.97 Å². The van der Waals surface area contributed by atoms with E-state index in [1.165, 1.54) is 18.4 Å². The maximum absolute atomic E-state index is 12.2. The molecule has 2 aromatic carbocycles. The van der Waals surface area contributed by atoms with Gasteiger partial charge in [0, 0.05) is 0 Å². The van der Waals surface area contributed by atoms with Gasteiger partial charge < -0.3 is 9.47 Å². The Morgan fingerprint density at radius 3 is 1.88 bits per heavy atom. The molecule has 0 N–H and O–H groups in total. The molecule has 2 rings (SSSR count). The molecular formula is C37H58O3. The molecule has 0 bridgehead atoms. The summed E-state index contributed by atoms with van der Waals surface area (Å²) in [5.41, 5.74) is 2.48. The highest BCUT2D eigenvalue weighted by molar-refractivity contribution is 5.89. The SMILES string of the molecule is COc1ccc(C(C)(C)C(C)(C)C(C)(C)CC(C)(C)C(C)(C)CCCC(C)CCOC(=O)c2ccccc2)cc1. The summed E-state index contributed by atoms with van der Waals surface area (Å²) in [6.07, 6.45) is 5.58. The van der Waals surface area contributed by atoms with E-state index in [0.717, 1.165) is 25.0 Å². The van der Waals surface area contributed by atoms with Crippen LogP contribution in [0.15, 0.2) is 54.6 Å². The Morgan fingerprint density at radius 1 is 0.750 bits per heavy atom. The minimum atomic E-state index is -0.226. The van der Waals surface area contributed by atoms with Gasteiger partial charge in [-0.25, -0.2) is 4.79 Å². The zero-order valence-corrected chi connectivity index (χ0v) is 27.7. The third-order valence-corrected chi connectivity index (χ3v) is 11.1. The van der Waals surface area contributed by atoms with Crippen LogP contribution in [0.25, 0.3) is 0 Å². The van der Waals surface area contributed by atoms with E-state index in [1.54, 1.807) is 19.2 Å². The fourth-order valence-electron chi connectivity index (χ4n) is 6.17. The molecule has 0 fully saturated rings. The fourth-order valence-corrected chi connectivity index (χ4v) is 6.17. The van der Waals surface area contributed by atoms with Crippen LogP contribution < -0.4 is 4.74 Å². The second-order valence-corrected chi connectivity index (χ2v) is 15.1. The van der Waals surface area contributed by atoms with Gasteiger partial charge in [-0.3, -0.25) is 0 Å². The van der Waals surface area contributed by atoms with Crippen LogP contribution in [0.3, 0.4) is 0 Å². The van der Waals surface area contributed by atoms with Crippen molar-refractivity contribution in [2.75, 3.05) is 13.7 Å². The van der Waals surface area contributed by atoms with E-state index in [0.29, 0.717) is 18.1 Å². The van der Waals surface area contributed by atoms with Crippen molar-refractivity contribution in [3.63, 3.8) is 0 Å². The van der Waals surface area contributed by atoms with E-state index in [-0.39, 0.29) is 33.0 Å². The molecule has 3 nitrogen and oxygen atoms in total. The molecule has 1 unspecified atom stereocenters. The molecule has 3 heteroatoms. The molecule has 0 saturated heterocycles. The first-order valence-electron chi connectivity index (χ1n) is 15.2. The Bertz CT molecular complexity index is 1060. The minimum Gasteiger partial charge on any atom is -0.497 e. The van der Waals surface area contributed by atoms with Crippen LogP contribution in [0.2, 0.25) is 0 Å². The second-order valence-electron chi connectivity index (χ2n) is 15.1. The normalized spacial score (nSPS) is 14.1.